The Labute approximate surface area is 151 Å². The van der Waals surface area contributed by atoms with E-state index in [9.17, 15) is 0 Å². The van der Waals surface area contributed by atoms with Crippen LogP contribution >= 0.6 is 0 Å². The smallest absolute Gasteiger partial charge is 0.321 e. The third-order valence-electron chi connectivity index (χ3n) is 4.08. The average Bonchev–Trinajstić information content (AvgIpc) is 2.69. The summed E-state index contributed by atoms with van der Waals surface area (Å²) in [4.78, 5) is 13.2. The standard InChI is InChI=1S/C21H17N3O2/c1-14-6-7-16-4-3-5-19(20(16)24-14)26-21-22-12-17(13-23-21)15-8-10-18(25-2)11-9-15/h3-13H,1-2H3. The lowest BCUT2D eigenvalue weighted by atomic mass is 10.1. The predicted molar refractivity (Wildman–Crippen MR) is 101 cm³/mol. The second-order valence-electron chi connectivity index (χ2n) is 5.87. The second kappa shape index (κ2) is 6.80. The van der Waals surface area contributed by atoms with Crippen molar-refractivity contribution in [1.29, 1.82) is 0 Å². The van der Waals surface area contributed by atoms with E-state index in [1.165, 1.54) is 0 Å². The van der Waals surface area contributed by atoms with Crippen LogP contribution in [0.25, 0.3) is 22.0 Å². The highest BCUT2D eigenvalue weighted by atomic mass is 16.5. The van der Waals surface area contributed by atoms with Gasteiger partial charge in [-0.3, -0.25) is 0 Å². The molecule has 0 saturated heterocycles. The van der Waals surface area contributed by atoms with Gasteiger partial charge >= 0.3 is 6.01 Å². The summed E-state index contributed by atoms with van der Waals surface area (Å²) in [5.74, 6) is 1.46. The Bertz CT molecular complexity index is 1040. The van der Waals surface area contributed by atoms with Crippen molar-refractivity contribution in [2.45, 2.75) is 6.92 Å². The third-order valence-corrected chi connectivity index (χ3v) is 4.08. The molecule has 0 fully saturated rings. The van der Waals surface area contributed by atoms with Gasteiger partial charge in [0.1, 0.15) is 11.3 Å². The van der Waals surface area contributed by atoms with Gasteiger partial charge in [0.2, 0.25) is 0 Å². The number of fused-ring (bicyclic) bond motifs is 1. The molecule has 0 atom stereocenters. The van der Waals surface area contributed by atoms with Crippen LogP contribution in [0, 0.1) is 6.92 Å². The molecule has 2 aromatic carbocycles. The van der Waals surface area contributed by atoms with Gasteiger partial charge in [-0.25, -0.2) is 15.0 Å². The first-order valence-electron chi connectivity index (χ1n) is 8.23. The summed E-state index contributed by atoms with van der Waals surface area (Å²) in [6.45, 7) is 1.95. The van der Waals surface area contributed by atoms with Crippen LogP contribution in [0.2, 0.25) is 0 Å². The monoisotopic (exact) mass is 343 g/mol. The minimum atomic E-state index is 0.290. The maximum Gasteiger partial charge on any atom is 0.321 e. The zero-order valence-electron chi connectivity index (χ0n) is 14.5. The molecule has 0 amide bonds. The first-order chi connectivity index (χ1) is 12.7. The van der Waals surface area contributed by atoms with E-state index in [4.69, 9.17) is 9.47 Å². The lowest BCUT2D eigenvalue weighted by Crippen LogP contribution is -1.94. The van der Waals surface area contributed by atoms with Gasteiger partial charge in [0, 0.05) is 29.0 Å². The average molecular weight is 343 g/mol. The Kier molecular flexibility index (Phi) is 4.19. The quantitative estimate of drug-likeness (QED) is 0.533. The topological polar surface area (TPSA) is 57.1 Å². The fourth-order valence-corrected chi connectivity index (χ4v) is 2.70. The molecular formula is C21H17N3O2. The molecule has 0 aliphatic carbocycles. The number of aromatic nitrogens is 3. The second-order valence-corrected chi connectivity index (χ2v) is 5.87. The number of benzene rings is 2. The van der Waals surface area contributed by atoms with E-state index >= 15 is 0 Å². The molecule has 2 aromatic heterocycles. The Balaban J connectivity index is 1.60. The van der Waals surface area contributed by atoms with Gasteiger partial charge in [-0.1, -0.05) is 30.3 Å². The molecule has 5 heteroatoms. The molecule has 0 N–H and O–H groups in total. The number of rotatable bonds is 4. The summed E-state index contributed by atoms with van der Waals surface area (Å²) in [5.41, 5.74) is 3.66. The highest BCUT2D eigenvalue weighted by Crippen LogP contribution is 2.28. The normalized spacial score (nSPS) is 10.7. The summed E-state index contributed by atoms with van der Waals surface area (Å²) in [5, 5.41) is 1.02. The Morgan fingerprint density at radius 3 is 2.31 bits per heavy atom. The fourth-order valence-electron chi connectivity index (χ4n) is 2.70. The lowest BCUT2D eigenvalue weighted by Gasteiger charge is -2.08. The maximum atomic E-state index is 5.87. The van der Waals surface area contributed by atoms with Crippen LogP contribution in [0.4, 0.5) is 0 Å². The van der Waals surface area contributed by atoms with Gasteiger partial charge in [0.15, 0.2) is 5.75 Å². The largest absolute Gasteiger partial charge is 0.497 e. The first-order valence-corrected chi connectivity index (χ1v) is 8.23. The number of para-hydroxylation sites is 1. The van der Waals surface area contributed by atoms with Crippen LogP contribution in [0.1, 0.15) is 5.69 Å². The van der Waals surface area contributed by atoms with Gasteiger partial charge in [-0.2, -0.15) is 0 Å². The minimum absolute atomic E-state index is 0.290. The molecule has 128 valence electrons. The van der Waals surface area contributed by atoms with E-state index in [1.807, 2.05) is 61.5 Å². The molecule has 5 nitrogen and oxygen atoms in total. The Hall–Kier alpha value is -3.47. The number of hydrogen-bond donors (Lipinski definition) is 0. The molecule has 0 aliphatic rings. The van der Waals surface area contributed by atoms with Crippen molar-refractivity contribution in [3.05, 3.63) is 72.7 Å². The van der Waals surface area contributed by atoms with E-state index in [-0.39, 0.29) is 6.01 Å². The van der Waals surface area contributed by atoms with Gasteiger partial charge in [0.05, 0.1) is 7.11 Å². The number of hydrogen-bond acceptors (Lipinski definition) is 5. The molecule has 4 rings (SSSR count). The van der Waals surface area contributed by atoms with Gasteiger partial charge in [0.25, 0.3) is 0 Å². The molecular weight excluding hydrogens is 326 g/mol. The number of nitrogens with zero attached hydrogens (tertiary/aromatic N) is 3. The molecule has 0 aliphatic heterocycles. The van der Waals surface area contributed by atoms with Crippen LogP contribution < -0.4 is 9.47 Å². The number of methoxy groups -OCH3 is 1. The van der Waals surface area contributed by atoms with Crippen molar-refractivity contribution in [3.63, 3.8) is 0 Å². The molecule has 0 radical (unpaired) electrons. The van der Waals surface area contributed by atoms with Crippen molar-refractivity contribution in [3.8, 4) is 28.6 Å². The zero-order valence-corrected chi connectivity index (χ0v) is 14.5. The van der Waals surface area contributed by atoms with Crippen LogP contribution in [0.5, 0.6) is 17.5 Å². The number of pyridine rings is 1. The highest BCUT2D eigenvalue weighted by molar-refractivity contribution is 5.84. The summed E-state index contributed by atoms with van der Waals surface area (Å²) in [6, 6.07) is 17.8. The molecule has 0 unspecified atom stereocenters. The first kappa shape index (κ1) is 16.0. The predicted octanol–water partition coefficient (Wildman–Crippen LogP) is 4.80. The molecule has 0 spiro atoms. The van der Waals surface area contributed by atoms with Gasteiger partial charge in [-0.15, -0.1) is 0 Å². The van der Waals surface area contributed by atoms with Crippen LogP contribution in [0.15, 0.2) is 67.0 Å². The minimum Gasteiger partial charge on any atom is -0.497 e. The summed E-state index contributed by atoms with van der Waals surface area (Å²) < 4.78 is 11.0. The van der Waals surface area contributed by atoms with Gasteiger partial charge < -0.3 is 9.47 Å². The molecule has 2 heterocycles. The van der Waals surface area contributed by atoms with Crippen LogP contribution in [-0.2, 0) is 0 Å². The van der Waals surface area contributed by atoms with E-state index < -0.39 is 0 Å². The van der Waals surface area contributed by atoms with Crippen molar-refractivity contribution in [1.82, 2.24) is 15.0 Å². The summed E-state index contributed by atoms with van der Waals surface area (Å²) in [6.07, 6.45) is 3.49. The molecule has 0 saturated carbocycles. The van der Waals surface area contributed by atoms with Crippen molar-refractivity contribution < 1.29 is 9.47 Å². The number of aryl methyl sites for hydroxylation is 1. The van der Waals surface area contributed by atoms with Crippen molar-refractivity contribution in [2.75, 3.05) is 7.11 Å². The van der Waals surface area contributed by atoms with Crippen molar-refractivity contribution >= 4 is 10.9 Å². The summed E-state index contributed by atoms with van der Waals surface area (Å²) >= 11 is 0. The Morgan fingerprint density at radius 2 is 1.58 bits per heavy atom. The van der Waals surface area contributed by atoms with Gasteiger partial charge in [-0.05, 0) is 36.8 Å². The SMILES string of the molecule is COc1ccc(-c2cnc(Oc3cccc4ccc(C)nc34)nc2)cc1. The van der Waals surface area contributed by atoms with Crippen LogP contribution in [-0.4, -0.2) is 22.1 Å². The van der Waals surface area contributed by atoms with Crippen LogP contribution in [0.3, 0.4) is 0 Å². The maximum absolute atomic E-state index is 5.87. The Morgan fingerprint density at radius 1 is 0.808 bits per heavy atom. The lowest BCUT2D eigenvalue weighted by molar-refractivity contribution is 0.415. The summed E-state index contributed by atoms with van der Waals surface area (Å²) in [7, 11) is 1.65. The molecule has 26 heavy (non-hydrogen) atoms. The number of ether oxygens (including phenoxy) is 2. The van der Waals surface area contributed by atoms with E-state index in [2.05, 4.69) is 15.0 Å². The van der Waals surface area contributed by atoms with E-state index in [0.717, 1.165) is 33.5 Å². The van der Waals surface area contributed by atoms with E-state index in [0.29, 0.717) is 5.75 Å². The van der Waals surface area contributed by atoms with E-state index in [1.54, 1.807) is 19.5 Å². The fraction of sp³-hybridized carbons (Fsp3) is 0.0952. The molecule has 0 bridgehead atoms. The third kappa shape index (κ3) is 3.19. The van der Waals surface area contributed by atoms with Crippen molar-refractivity contribution in [2.24, 2.45) is 0 Å². The zero-order chi connectivity index (χ0) is 17.9. The molecule has 4 aromatic rings. The highest BCUT2D eigenvalue weighted by Gasteiger charge is 2.08.